The largest absolute Gasteiger partial charge is 0.477 e. The molecular weight excluding hydrogens is 345 g/mol. The number of hydrogen-bond donors (Lipinski definition) is 2. The number of amides is 1. The van der Waals surface area contributed by atoms with Gasteiger partial charge in [0.2, 0.25) is 0 Å². The Morgan fingerprint density at radius 2 is 2.00 bits per heavy atom. The van der Waals surface area contributed by atoms with Crippen LogP contribution in [0, 0.1) is 5.82 Å². The second kappa shape index (κ2) is 6.71. The van der Waals surface area contributed by atoms with Crippen LogP contribution < -0.4 is 5.32 Å². The van der Waals surface area contributed by atoms with Crippen LogP contribution in [0.1, 0.15) is 26.3 Å². The molecule has 2 N–H and O–H groups in total. The Balaban J connectivity index is 2.96. The van der Waals surface area contributed by atoms with E-state index in [4.69, 9.17) is 9.84 Å². The van der Waals surface area contributed by atoms with Crippen LogP contribution in [-0.4, -0.2) is 22.8 Å². The smallest absolute Gasteiger partial charge is 0.412 e. The van der Waals surface area contributed by atoms with E-state index in [0.717, 1.165) is 12.1 Å². The van der Waals surface area contributed by atoms with Gasteiger partial charge >= 0.3 is 12.1 Å². The first kappa shape index (κ1) is 17.2. The second-order valence-electron chi connectivity index (χ2n) is 5.16. The number of benzene rings is 1. The lowest BCUT2D eigenvalue weighted by Crippen LogP contribution is -2.34. The highest BCUT2D eigenvalue weighted by molar-refractivity contribution is 9.10. The van der Waals surface area contributed by atoms with Crippen LogP contribution in [0.15, 0.2) is 28.4 Å². The lowest BCUT2D eigenvalue weighted by atomic mass is 10.2. The fraction of sp³-hybridized carbons (Fsp3) is 0.286. The molecule has 0 saturated carbocycles. The summed E-state index contributed by atoms with van der Waals surface area (Å²) in [4.78, 5) is 22.7. The number of hydrogen-bond acceptors (Lipinski definition) is 3. The number of aliphatic carboxylic acids is 1. The van der Waals surface area contributed by atoms with E-state index in [1.807, 2.05) is 0 Å². The molecule has 1 aromatic carbocycles. The predicted octanol–water partition coefficient (Wildman–Crippen LogP) is 3.54. The minimum atomic E-state index is -1.36. The third-order valence-corrected chi connectivity index (χ3v) is 2.76. The number of carboxylic acid groups (broad SMARTS) is 1. The fourth-order valence-electron chi connectivity index (χ4n) is 1.33. The van der Waals surface area contributed by atoms with E-state index in [2.05, 4.69) is 21.2 Å². The van der Waals surface area contributed by atoms with Crippen molar-refractivity contribution in [1.82, 2.24) is 5.32 Å². The fourth-order valence-corrected chi connectivity index (χ4v) is 1.58. The third kappa shape index (κ3) is 5.95. The quantitative estimate of drug-likeness (QED) is 0.809. The Bertz CT molecular complexity index is 593. The number of carbonyl (C=O) groups excluding carboxylic acids is 1. The number of halogens is 2. The third-order valence-electron chi connectivity index (χ3n) is 2.12. The van der Waals surface area contributed by atoms with Gasteiger partial charge in [-0.15, -0.1) is 0 Å². The van der Waals surface area contributed by atoms with Gasteiger partial charge in [-0.1, -0.05) is 6.07 Å². The second-order valence-corrected chi connectivity index (χ2v) is 6.02. The van der Waals surface area contributed by atoms with Crippen molar-refractivity contribution < 1.29 is 23.8 Å². The number of rotatable bonds is 3. The van der Waals surface area contributed by atoms with Gasteiger partial charge in [0.25, 0.3) is 0 Å². The molecule has 0 aliphatic heterocycles. The van der Waals surface area contributed by atoms with Gasteiger partial charge in [-0.25, -0.2) is 14.0 Å². The summed E-state index contributed by atoms with van der Waals surface area (Å²) < 4.78 is 18.6. The molecule has 0 radical (unpaired) electrons. The van der Waals surface area contributed by atoms with Crippen LogP contribution in [0.3, 0.4) is 0 Å². The van der Waals surface area contributed by atoms with E-state index in [0.29, 0.717) is 5.56 Å². The maximum absolute atomic E-state index is 13.4. The molecule has 0 bridgehead atoms. The van der Waals surface area contributed by atoms with Crippen LogP contribution in [0.5, 0.6) is 0 Å². The molecule has 21 heavy (non-hydrogen) atoms. The number of alkyl carbamates (subject to hydrolysis) is 1. The molecular formula is C14H15BrFNO4. The standard InChI is InChI=1S/C14H15BrFNO4/c1-14(2,3)21-13(20)17-11(12(18)19)7-8-4-5-9(15)10(16)6-8/h4-7H,1-3H3,(H,17,20)(H,18,19). The van der Waals surface area contributed by atoms with Crippen molar-refractivity contribution in [3.63, 3.8) is 0 Å². The normalized spacial score (nSPS) is 12.0. The van der Waals surface area contributed by atoms with Crippen LogP contribution in [0.2, 0.25) is 0 Å². The van der Waals surface area contributed by atoms with Crippen molar-refractivity contribution in [3.05, 3.63) is 39.7 Å². The molecule has 114 valence electrons. The topological polar surface area (TPSA) is 75.6 Å². The molecule has 0 aliphatic carbocycles. The van der Waals surface area contributed by atoms with E-state index in [9.17, 15) is 14.0 Å². The van der Waals surface area contributed by atoms with Crippen molar-refractivity contribution in [1.29, 1.82) is 0 Å². The molecule has 1 amide bonds. The van der Waals surface area contributed by atoms with Crippen molar-refractivity contribution in [3.8, 4) is 0 Å². The summed E-state index contributed by atoms with van der Waals surface area (Å²) in [5, 5.41) is 11.2. The number of carboxylic acids is 1. The van der Waals surface area contributed by atoms with Gasteiger partial charge in [0.1, 0.15) is 17.1 Å². The molecule has 0 unspecified atom stereocenters. The molecule has 0 aliphatic rings. The first-order valence-electron chi connectivity index (χ1n) is 5.98. The first-order chi connectivity index (χ1) is 9.58. The Labute approximate surface area is 129 Å². The van der Waals surface area contributed by atoms with Gasteiger partial charge in [0.05, 0.1) is 4.47 Å². The Kier molecular flexibility index (Phi) is 5.48. The molecule has 1 aromatic rings. The van der Waals surface area contributed by atoms with E-state index in [1.54, 1.807) is 20.8 Å². The Morgan fingerprint density at radius 1 is 1.38 bits per heavy atom. The van der Waals surface area contributed by atoms with Crippen molar-refractivity contribution in [2.24, 2.45) is 0 Å². The minimum Gasteiger partial charge on any atom is -0.477 e. The average Bonchev–Trinajstić information content (AvgIpc) is 2.30. The van der Waals surface area contributed by atoms with Crippen molar-refractivity contribution in [2.75, 3.05) is 0 Å². The van der Waals surface area contributed by atoms with Gasteiger partial charge in [-0.2, -0.15) is 0 Å². The van der Waals surface area contributed by atoms with Gasteiger partial charge in [0.15, 0.2) is 0 Å². The monoisotopic (exact) mass is 359 g/mol. The highest BCUT2D eigenvalue weighted by Gasteiger charge is 2.19. The molecule has 0 aromatic heterocycles. The predicted molar refractivity (Wildman–Crippen MR) is 79.1 cm³/mol. The van der Waals surface area contributed by atoms with Crippen molar-refractivity contribution >= 4 is 34.1 Å². The highest BCUT2D eigenvalue weighted by atomic mass is 79.9. The van der Waals surface area contributed by atoms with Crippen molar-refractivity contribution in [2.45, 2.75) is 26.4 Å². The van der Waals surface area contributed by atoms with Gasteiger partial charge in [0, 0.05) is 0 Å². The minimum absolute atomic E-state index is 0.261. The van der Waals surface area contributed by atoms with Crippen LogP contribution >= 0.6 is 15.9 Å². The van der Waals surface area contributed by atoms with E-state index in [-0.39, 0.29) is 4.47 Å². The van der Waals surface area contributed by atoms with Gasteiger partial charge < -0.3 is 9.84 Å². The lowest BCUT2D eigenvalue weighted by molar-refractivity contribution is -0.133. The summed E-state index contributed by atoms with van der Waals surface area (Å²) in [5.74, 6) is -1.89. The first-order valence-corrected chi connectivity index (χ1v) is 6.78. The Morgan fingerprint density at radius 3 is 2.48 bits per heavy atom. The van der Waals surface area contributed by atoms with E-state index in [1.165, 1.54) is 12.1 Å². The zero-order chi connectivity index (χ0) is 16.2. The SMILES string of the molecule is CC(C)(C)OC(=O)NC(=Cc1ccc(Br)c(F)c1)C(=O)O. The maximum atomic E-state index is 13.4. The summed E-state index contributed by atoms with van der Waals surface area (Å²) >= 11 is 3.00. The number of nitrogens with one attached hydrogen (secondary N) is 1. The molecule has 0 fully saturated rings. The summed E-state index contributed by atoms with van der Waals surface area (Å²) in [7, 11) is 0. The highest BCUT2D eigenvalue weighted by Crippen LogP contribution is 2.18. The molecule has 0 spiro atoms. The van der Waals surface area contributed by atoms with Gasteiger partial charge in [-0.05, 0) is 60.5 Å². The van der Waals surface area contributed by atoms with Crippen LogP contribution in [0.4, 0.5) is 9.18 Å². The van der Waals surface area contributed by atoms with E-state index < -0.39 is 29.2 Å². The van der Waals surface area contributed by atoms with Crippen LogP contribution in [-0.2, 0) is 9.53 Å². The van der Waals surface area contributed by atoms with Gasteiger partial charge in [-0.3, -0.25) is 5.32 Å². The molecule has 5 nitrogen and oxygen atoms in total. The maximum Gasteiger partial charge on any atom is 0.412 e. The molecule has 7 heteroatoms. The Hall–Kier alpha value is -1.89. The number of carbonyl (C=O) groups is 2. The lowest BCUT2D eigenvalue weighted by Gasteiger charge is -2.19. The molecule has 0 heterocycles. The summed E-state index contributed by atoms with van der Waals surface area (Å²) in [5.41, 5.74) is -0.868. The zero-order valence-electron chi connectivity index (χ0n) is 11.7. The van der Waals surface area contributed by atoms with Crippen LogP contribution in [0.25, 0.3) is 6.08 Å². The number of ether oxygens (including phenoxy) is 1. The summed E-state index contributed by atoms with van der Waals surface area (Å²) in [6.45, 7) is 4.96. The van der Waals surface area contributed by atoms with E-state index >= 15 is 0 Å². The molecule has 0 saturated heterocycles. The average molecular weight is 360 g/mol. The summed E-state index contributed by atoms with van der Waals surface area (Å²) in [6, 6.07) is 4.09. The molecule has 0 atom stereocenters. The summed E-state index contributed by atoms with van der Waals surface area (Å²) in [6.07, 6.45) is 0.246. The molecule has 1 rings (SSSR count). The zero-order valence-corrected chi connectivity index (χ0v) is 13.3.